The van der Waals surface area contributed by atoms with Crippen LogP contribution in [0, 0.1) is 0 Å². The van der Waals surface area contributed by atoms with E-state index in [1.165, 1.54) is 14.2 Å². The third-order valence-electron chi connectivity index (χ3n) is 4.50. The zero-order chi connectivity index (χ0) is 17.2. The number of rotatable bonds is 6. The van der Waals surface area contributed by atoms with Gasteiger partial charge >= 0.3 is 7.60 Å². The van der Waals surface area contributed by atoms with Gasteiger partial charge in [-0.3, -0.25) is 9.36 Å². The lowest BCUT2D eigenvalue weighted by molar-refractivity contribution is -0.153. The van der Waals surface area contributed by atoms with E-state index in [4.69, 9.17) is 9.05 Å². The van der Waals surface area contributed by atoms with E-state index >= 15 is 0 Å². The summed E-state index contributed by atoms with van der Waals surface area (Å²) in [5, 5.41) is -1.09. The molecule has 1 atom stereocenters. The molecular formula is C18H20NO4P. The molecule has 1 aliphatic rings. The van der Waals surface area contributed by atoms with E-state index in [9.17, 15) is 9.36 Å². The van der Waals surface area contributed by atoms with Crippen molar-refractivity contribution in [1.29, 1.82) is 0 Å². The molecule has 2 aromatic carbocycles. The molecule has 0 saturated carbocycles. The maximum atomic E-state index is 13.4. The van der Waals surface area contributed by atoms with Crippen molar-refractivity contribution in [2.24, 2.45) is 0 Å². The third-order valence-corrected chi connectivity index (χ3v) is 7.02. The second kappa shape index (κ2) is 6.52. The van der Waals surface area contributed by atoms with Crippen LogP contribution in [-0.2, 0) is 30.2 Å². The molecule has 1 aliphatic heterocycles. The first kappa shape index (κ1) is 16.9. The molecule has 0 spiro atoms. The summed E-state index contributed by atoms with van der Waals surface area (Å²) in [6.07, 6.45) is 0.100. The van der Waals surface area contributed by atoms with Gasteiger partial charge < -0.3 is 13.9 Å². The number of hydrogen-bond acceptors (Lipinski definition) is 4. The zero-order valence-electron chi connectivity index (χ0n) is 13.7. The summed E-state index contributed by atoms with van der Waals surface area (Å²) in [5.74, 6) is -0.0722. The normalized spacial score (nSPS) is 20.8. The zero-order valence-corrected chi connectivity index (χ0v) is 14.6. The van der Waals surface area contributed by atoms with Crippen molar-refractivity contribution in [3.63, 3.8) is 0 Å². The van der Waals surface area contributed by atoms with Crippen molar-refractivity contribution < 1.29 is 18.4 Å². The van der Waals surface area contributed by atoms with Gasteiger partial charge in [-0.2, -0.15) is 0 Å². The van der Waals surface area contributed by atoms with E-state index in [1.807, 2.05) is 60.7 Å². The van der Waals surface area contributed by atoms with Crippen molar-refractivity contribution in [3.05, 3.63) is 71.8 Å². The Hall–Kier alpha value is -1.94. The Morgan fingerprint density at radius 2 is 1.54 bits per heavy atom. The summed E-state index contributed by atoms with van der Waals surface area (Å²) in [7, 11) is -0.844. The van der Waals surface area contributed by atoms with Crippen LogP contribution in [0.4, 0.5) is 0 Å². The van der Waals surface area contributed by atoms with Crippen LogP contribution < -0.4 is 0 Å². The summed E-state index contributed by atoms with van der Waals surface area (Å²) in [6.45, 7) is 0.352. The van der Waals surface area contributed by atoms with Crippen LogP contribution in [-0.4, -0.2) is 25.0 Å². The van der Waals surface area contributed by atoms with Gasteiger partial charge in [0.2, 0.25) is 5.91 Å². The molecule has 1 heterocycles. The number of amides is 1. The van der Waals surface area contributed by atoms with Gasteiger partial charge in [0, 0.05) is 20.8 Å². The maximum absolute atomic E-state index is 13.4. The van der Waals surface area contributed by atoms with E-state index in [0.29, 0.717) is 6.54 Å². The maximum Gasteiger partial charge on any atom is 0.360 e. The van der Waals surface area contributed by atoms with Gasteiger partial charge in [0.1, 0.15) is 0 Å². The Balaban J connectivity index is 2.09. The van der Waals surface area contributed by atoms with Crippen molar-refractivity contribution in [2.75, 3.05) is 14.2 Å². The summed E-state index contributed by atoms with van der Waals surface area (Å²) >= 11 is 0. The Kier molecular flexibility index (Phi) is 4.59. The molecule has 3 rings (SSSR count). The average molecular weight is 345 g/mol. The molecule has 2 aromatic rings. The SMILES string of the molecule is COP(=O)(OC)C1(c2ccccc2)CC(=O)N1Cc1ccccc1. The van der Waals surface area contributed by atoms with Crippen LogP contribution in [0.5, 0.6) is 0 Å². The van der Waals surface area contributed by atoms with Gasteiger partial charge in [0.15, 0.2) is 5.28 Å². The van der Waals surface area contributed by atoms with Crippen LogP contribution in [0.25, 0.3) is 0 Å². The monoisotopic (exact) mass is 345 g/mol. The molecule has 0 bridgehead atoms. The Morgan fingerprint density at radius 1 is 1.00 bits per heavy atom. The first-order chi connectivity index (χ1) is 11.6. The lowest BCUT2D eigenvalue weighted by Gasteiger charge is -2.53. The Labute approximate surface area is 141 Å². The highest BCUT2D eigenvalue weighted by Gasteiger charge is 2.65. The van der Waals surface area contributed by atoms with Crippen LogP contribution in [0.1, 0.15) is 17.5 Å². The number of β-lactam (4-membered cyclic amide) rings is 1. The molecule has 1 fully saturated rings. The molecule has 0 radical (unpaired) electrons. The van der Waals surface area contributed by atoms with Crippen LogP contribution >= 0.6 is 7.60 Å². The molecule has 5 nitrogen and oxygen atoms in total. The smallest absolute Gasteiger partial charge is 0.317 e. The minimum atomic E-state index is -3.56. The molecule has 1 saturated heterocycles. The van der Waals surface area contributed by atoms with Gasteiger partial charge in [0.25, 0.3) is 0 Å². The lowest BCUT2D eigenvalue weighted by atomic mass is 9.92. The van der Waals surface area contributed by atoms with E-state index in [1.54, 1.807) is 4.90 Å². The molecule has 6 heteroatoms. The predicted molar refractivity (Wildman–Crippen MR) is 91.4 cm³/mol. The second-order valence-corrected chi connectivity index (χ2v) is 8.15. The summed E-state index contributed by atoms with van der Waals surface area (Å²) in [4.78, 5) is 14.0. The first-order valence-corrected chi connectivity index (χ1v) is 9.23. The van der Waals surface area contributed by atoms with Crippen molar-refractivity contribution in [2.45, 2.75) is 18.2 Å². The van der Waals surface area contributed by atoms with Crippen molar-refractivity contribution in [3.8, 4) is 0 Å². The second-order valence-electron chi connectivity index (χ2n) is 5.69. The molecule has 24 heavy (non-hydrogen) atoms. The van der Waals surface area contributed by atoms with Gasteiger partial charge in [-0.25, -0.2) is 0 Å². The van der Waals surface area contributed by atoms with E-state index < -0.39 is 12.9 Å². The molecule has 126 valence electrons. The summed E-state index contributed by atoms with van der Waals surface area (Å²) in [6, 6.07) is 18.9. The highest BCUT2D eigenvalue weighted by molar-refractivity contribution is 7.55. The number of carbonyl (C=O) groups excluding carboxylic acids is 1. The van der Waals surface area contributed by atoms with E-state index in [-0.39, 0.29) is 12.3 Å². The predicted octanol–water partition coefficient (Wildman–Crippen LogP) is 3.76. The average Bonchev–Trinajstić information content (AvgIpc) is 2.65. The minimum Gasteiger partial charge on any atom is -0.317 e. The quantitative estimate of drug-likeness (QED) is 0.591. The summed E-state index contributed by atoms with van der Waals surface area (Å²) in [5.41, 5.74) is 1.72. The fourth-order valence-electron chi connectivity index (χ4n) is 3.24. The van der Waals surface area contributed by atoms with Crippen LogP contribution in [0.15, 0.2) is 60.7 Å². The molecule has 1 unspecified atom stereocenters. The number of likely N-dealkylation sites (tertiary alicyclic amines) is 1. The number of benzene rings is 2. The largest absolute Gasteiger partial charge is 0.360 e. The van der Waals surface area contributed by atoms with E-state index in [2.05, 4.69) is 0 Å². The highest BCUT2D eigenvalue weighted by atomic mass is 31.2. The van der Waals surface area contributed by atoms with Gasteiger partial charge in [0.05, 0.1) is 6.42 Å². The standard InChI is InChI=1S/C18H20NO4P/c1-22-24(21,23-2)18(16-11-7-4-8-12-16)13-17(20)19(18)14-15-9-5-3-6-10-15/h3-12H,13-14H2,1-2H3. The molecule has 0 N–H and O–H groups in total. The number of carbonyl (C=O) groups is 1. The Morgan fingerprint density at radius 3 is 2.04 bits per heavy atom. The molecular weight excluding hydrogens is 325 g/mol. The Bertz CT molecular complexity index is 757. The number of hydrogen-bond donors (Lipinski definition) is 0. The van der Waals surface area contributed by atoms with Crippen LogP contribution in [0.3, 0.4) is 0 Å². The van der Waals surface area contributed by atoms with Crippen molar-refractivity contribution in [1.82, 2.24) is 4.90 Å². The summed E-state index contributed by atoms with van der Waals surface area (Å²) < 4.78 is 24.0. The van der Waals surface area contributed by atoms with Crippen molar-refractivity contribution >= 4 is 13.5 Å². The fraction of sp³-hybridized carbons (Fsp3) is 0.278. The van der Waals surface area contributed by atoms with E-state index in [0.717, 1.165) is 11.1 Å². The fourth-order valence-corrected chi connectivity index (χ4v) is 5.27. The van der Waals surface area contributed by atoms with Gasteiger partial charge in [-0.1, -0.05) is 60.7 Å². The van der Waals surface area contributed by atoms with Crippen LogP contribution in [0.2, 0.25) is 0 Å². The first-order valence-electron chi connectivity index (χ1n) is 7.69. The number of nitrogens with zero attached hydrogens (tertiary/aromatic N) is 1. The lowest BCUT2D eigenvalue weighted by Crippen LogP contribution is -2.60. The minimum absolute atomic E-state index is 0.0722. The molecule has 0 aliphatic carbocycles. The van der Waals surface area contributed by atoms with Gasteiger partial charge in [-0.15, -0.1) is 0 Å². The topological polar surface area (TPSA) is 55.8 Å². The van der Waals surface area contributed by atoms with Gasteiger partial charge in [-0.05, 0) is 11.1 Å². The highest BCUT2D eigenvalue weighted by Crippen LogP contribution is 2.71. The molecule has 1 amide bonds. The molecule has 0 aromatic heterocycles. The third kappa shape index (κ3) is 2.49.